The van der Waals surface area contributed by atoms with E-state index in [1.165, 1.54) is 0 Å². The first-order valence-corrected chi connectivity index (χ1v) is 6.90. The summed E-state index contributed by atoms with van der Waals surface area (Å²) in [7, 11) is 0. The van der Waals surface area contributed by atoms with E-state index in [4.69, 9.17) is 4.74 Å². The molecular formula is C13H24N4O. The van der Waals surface area contributed by atoms with Crippen LogP contribution in [-0.4, -0.2) is 40.6 Å². The number of nitrogens with one attached hydrogen (secondary N) is 1. The molecule has 1 N–H and O–H groups in total. The fourth-order valence-corrected chi connectivity index (χ4v) is 2.50. The van der Waals surface area contributed by atoms with Crippen LogP contribution >= 0.6 is 0 Å². The van der Waals surface area contributed by atoms with Gasteiger partial charge >= 0.3 is 0 Å². The maximum Gasteiger partial charge on any atom is 0.147 e. The average molecular weight is 252 g/mol. The Morgan fingerprint density at radius 1 is 1.50 bits per heavy atom. The molecule has 1 fully saturated rings. The minimum atomic E-state index is 0.437. The monoisotopic (exact) mass is 252 g/mol. The summed E-state index contributed by atoms with van der Waals surface area (Å²) in [4.78, 5) is 4.36. The van der Waals surface area contributed by atoms with Crippen LogP contribution in [0.15, 0.2) is 0 Å². The number of rotatable bonds is 6. The van der Waals surface area contributed by atoms with E-state index in [0.29, 0.717) is 12.0 Å². The second-order valence-corrected chi connectivity index (χ2v) is 5.07. The predicted molar refractivity (Wildman–Crippen MR) is 70.5 cm³/mol. The van der Waals surface area contributed by atoms with Gasteiger partial charge in [0, 0.05) is 18.6 Å². The first kappa shape index (κ1) is 13.5. The van der Waals surface area contributed by atoms with Gasteiger partial charge in [-0.2, -0.15) is 5.10 Å². The van der Waals surface area contributed by atoms with E-state index < -0.39 is 0 Å². The van der Waals surface area contributed by atoms with Crippen molar-refractivity contribution in [3.63, 3.8) is 0 Å². The highest BCUT2D eigenvalue weighted by Gasteiger charge is 2.26. The fraction of sp³-hybridized carbons (Fsp3) is 0.846. The minimum absolute atomic E-state index is 0.437. The molecule has 1 aliphatic heterocycles. The Morgan fingerprint density at radius 2 is 2.33 bits per heavy atom. The third-order valence-corrected chi connectivity index (χ3v) is 3.52. The average Bonchev–Trinajstić information content (AvgIpc) is 2.95. The van der Waals surface area contributed by atoms with Crippen LogP contribution in [0.5, 0.6) is 0 Å². The van der Waals surface area contributed by atoms with E-state index in [0.717, 1.165) is 50.8 Å². The van der Waals surface area contributed by atoms with Gasteiger partial charge in [0.25, 0.3) is 0 Å². The van der Waals surface area contributed by atoms with Crippen molar-refractivity contribution in [2.75, 3.05) is 19.8 Å². The van der Waals surface area contributed by atoms with Crippen LogP contribution in [0.25, 0.3) is 0 Å². The minimum Gasteiger partial charge on any atom is -0.381 e. The highest BCUT2D eigenvalue weighted by Crippen LogP contribution is 2.18. The standard InChI is InChI=1S/C13H24N4O/c1-4-6-14-13(12-5-7-18-9-12)8-17-11(3)15-10(2)16-17/h12-14H,4-9H2,1-3H3. The van der Waals surface area contributed by atoms with Crippen LogP contribution in [0.3, 0.4) is 0 Å². The summed E-state index contributed by atoms with van der Waals surface area (Å²) in [5.41, 5.74) is 0. The Labute approximate surface area is 109 Å². The molecule has 0 aliphatic carbocycles. The molecule has 0 spiro atoms. The van der Waals surface area contributed by atoms with E-state index >= 15 is 0 Å². The second kappa shape index (κ2) is 6.29. The molecule has 2 unspecified atom stereocenters. The third kappa shape index (κ3) is 3.29. The summed E-state index contributed by atoms with van der Waals surface area (Å²) < 4.78 is 7.52. The smallest absolute Gasteiger partial charge is 0.147 e. The lowest BCUT2D eigenvalue weighted by Gasteiger charge is -2.24. The number of aryl methyl sites for hydroxylation is 2. The summed E-state index contributed by atoms with van der Waals surface area (Å²) in [6.45, 7) is 9.85. The molecule has 1 aromatic rings. The van der Waals surface area contributed by atoms with E-state index in [2.05, 4.69) is 22.3 Å². The first-order chi connectivity index (χ1) is 8.70. The SMILES string of the molecule is CCCNC(Cn1nc(C)nc1C)C1CCOC1. The van der Waals surface area contributed by atoms with E-state index in [1.807, 2.05) is 18.5 Å². The second-order valence-electron chi connectivity index (χ2n) is 5.07. The van der Waals surface area contributed by atoms with Crippen molar-refractivity contribution >= 4 is 0 Å². The van der Waals surface area contributed by atoms with Crippen LogP contribution in [0.4, 0.5) is 0 Å². The molecule has 18 heavy (non-hydrogen) atoms. The van der Waals surface area contributed by atoms with Crippen molar-refractivity contribution in [3.8, 4) is 0 Å². The van der Waals surface area contributed by atoms with Crippen LogP contribution < -0.4 is 5.32 Å². The lowest BCUT2D eigenvalue weighted by molar-refractivity contribution is 0.172. The lowest BCUT2D eigenvalue weighted by Crippen LogP contribution is -2.41. The molecule has 2 atom stereocenters. The molecule has 0 amide bonds. The van der Waals surface area contributed by atoms with Crippen LogP contribution in [0.1, 0.15) is 31.4 Å². The summed E-state index contributed by atoms with van der Waals surface area (Å²) in [5.74, 6) is 2.44. The van der Waals surface area contributed by atoms with Gasteiger partial charge in [0.05, 0.1) is 13.2 Å². The van der Waals surface area contributed by atoms with E-state index in [9.17, 15) is 0 Å². The van der Waals surface area contributed by atoms with Crippen molar-refractivity contribution < 1.29 is 4.74 Å². The maximum absolute atomic E-state index is 5.51. The predicted octanol–water partition coefficient (Wildman–Crippen LogP) is 1.30. The molecule has 0 aromatic carbocycles. The number of hydrogen-bond acceptors (Lipinski definition) is 4. The Balaban J connectivity index is 2.01. The zero-order valence-electron chi connectivity index (χ0n) is 11.6. The van der Waals surface area contributed by atoms with Gasteiger partial charge in [0.2, 0.25) is 0 Å². The molecule has 5 heteroatoms. The van der Waals surface area contributed by atoms with Crippen molar-refractivity contribution in [2.24, 2.45) is 5.92 Å². The molecule has 1 aliphatic rings. The summed E-state index contributed by atoms with van der Waals surface area (Å²) in [5, 5.41) is 8.08. The Morgan fingerprint density at radius 3 is 2.89 bits per heavy atom. The molecule has 2 heterocycles. The molecule has 0 saturated carbocycles. The third-order valence-electron chi connectivity index (χ3n) is 3.52. The topological polar surface area (TPSA) is 52.0 Å². The summed E-state index contributed by atoms with van der Waals surface area (Å²) >= 11 is 0. The number of aromatic nitrogens is 3. The fourth-order valence-electron chi connectivity index (χ4n) is 2.50. The Kier molecular flexibility index (Phi) is 4.72. The highest BCUT2D eigenvalue weighted by molar-refractivity contribution is 4.90. The number of ether oxygens (including phenoxy) is 1. The van der Waals surface area contributed by atoms with Crippen LogP contribution in [0.2, 0.25) is 0 Å². The van der Waals surface area contributed by atoms with Gasteiger partial charge in [-0.15, -0.1) is 0 Å². The summed E-state index contributed by atoms with van der Waals surface area (Å²) in [6.07, 6.45) is 2.30. The molecule has 1 saturated heterocycles. The number of hydrogen-bond donors (Lipinski definition) is 1. The van der Waals surface area contributed by atoms with Crippen LogP contribution in [0, 0.1) is 19.8 Å². The molecule has 5 nitrogen and oxygen atoms in total. The van der Waals surface area contributed by atoms with Gasteiger partial charge in [-0.1, -0.05) is 6.92 Å². The van der Waals surface area contributed by atoms with Crippen molar-refractivity contribution in [1.29, 1.82) is 0 Å². The molecule has 102 valence electrons. The summed E-state index contributed by atoms with van der Waals surface area (Å²) in [6, 6.07) is 0.437. The quantitative estimate of drug-likeness (QED) is 0.829. The van der Waals surface area contributed by atoms with Gasteiger partial charge in [0.15, 0.2) is 0 Å². The van der Waals surface area contributed by atoms with Crippen LogP contribution in [-0.2, 0) is 11.3 Å². The zero-order valence-corrected chi connectivity index (χ0v) is 11.6. The van der Waals surface area contributed by atoms with Crippen molar-refractivity contribution in [1.82, 2.24) is 20.1 Å². The van der Waals surface area contributed by atoms with Crippen molar-refractivity contribution in [3.05, 3.63) is 11.6 Å². The zero-order chi connectivity index (χ0) is 13.0. The van der Waals surface area contributed by atoms with Crippen molar-refractivity contribution in [2.45, 2.75) is 46.2 Å². The Hall–Kier alpha value is -0.940. The first-order valence-electron chi connectivity index (χ1n) is 6.90. The molecular weight excluding hydrogens is 228 g/mol. The maximum atomic E-state index is 5.51. The van der Waals surface area contributed by atoms with Gasteiger partial charge in [-0.3, -0.25) is 0 Å². The number of nitrogens with zero attached hydrogens (tertiary/aromatic N) is 3. The van der Waals surface area contributed by atoms with Gasteiger partial charge < -0.3 is 10.1 Å². The normalized spacial score (nSPS) is 21.4. The molecule has 0 radical (unpaired) electrons. The van der Waals surface area contributed by atoms with E-state index in [1.54, 1.807) is 0 Å². The molecule has 1 aromatic heterocycles. The highest BCUT2D eigenvalue weighted by atomic mass is 16.5. The van der Waals surface area contributed by atoms with Gasteiger partial charge in [-0.25, -0.2) is 9.67 Å². The van der Waals surface area contributed by atoms with Gasteiger partial charge in [0.1, 0.15) is 11.6 Å². The molecule has 2 rings (SSSR count). The molecule has 0 bridgehead atoms. The van der Waals surface area contributed by atoms with E-state index in [-0.39, 0.29) is 0 Å². The lowest BCUT2D eigenvalue weighted by atomic mass is 9.99. The Bertz CT molecular complexity index is 371. The van der Waals surface area contributed by atoms with Gasteiger partial charge in [-0.05, 0) is 33.2 Å². The largest absolute Gasteiger partial charge is 0.381 e.